The molecule has 0 radical (unpaired) electrons. The minimum absolute atomic E-state index is 0.0782. The van der Waals surface area contributed by atoms with Crippen LogP contribution in [0.3, 0.4) is 0 Å². The number of H-pyrrole nitrogens is 1. The molecule has 5 nitrogen and oxygen atoms in total. The molecule has 4 aromatic rings. The minimum Gasteiger partial charge on any atom is -0.309 e. The Morgan fingerprint density at radius 2 is 1.73 bits per heavy atom. The SMILES string of the molecule is O=c1[nH]c(CSc2nc(-c3ccc(Cl)cc3)cc(C(F)(F)F)n2)nc2ccccc12. The summed E-state index contributed by atoms with van der Waals surface area (Å²) >= 11 is 6.81. The van der Waals surface area contributed by atoms with Crippen molar-refractivity contribution in [2.24, 2.45) is 0 Å². The van der Waals surface area contributed by atoms with E-state index in [1.807, 2.05) is 0 Å². The highest BCUT2D eigenvalue weighted by Crippen LogP contribution is 2.32. The average molecular weight is 449 g/mol. The molecule has 152 valence electrons. The van der Waals surface area contributed by atoms with Gasteiger partial charge in [0.05, 0.1) is 22.3 Å². The first-order valence-electron chi connectivity index (χ1n) is 8.62. The lowest BCUT2D eigenvalue weighted by Gasteiger charge is -2.10. The summed E-state index contributed by atoms with van der Waals surface area (Å²) < 4.78 is 40.0. The quantitative estimate of drug-likeness (QED) is 0.337. The van der Waals surface area contributed by atoms with Gasteiger partial charge in [-0.1, -0.05) is 47.6 Å². The number of nitrogens with zero attached hydrogens (tertiary/aromatic N) is 3. The van der Waals surface area contributed by atoms with E-state index in [1.54, 1.807) is 48.5 Å². The first kappa shape index (κ1) is 20.4. The van der Waals surface area contributed by atoms with Gasteiger partial charge in [0.2, 0.25) is 0 Å². The number of benzene rings is 2. The standard InChI is InChI=1S/C20H12ClF3N4OS/c21-12-7-5-11(6-8-12)15-9-16(20(22,23)24)27-19(26-15)30-10-17-25-14-4-2-1-3-13(14)18(29)28-17/h1-9H,10H2,(H,25,28,29). The highest BCUT2D eigenvalue weighted by molar-refractivity contribution is 7.98. The molecule has 30 heavy (non-hydrogen) atoms. The van der Waals surface area contributed by atoms with Gasteiger partial charge in [-0.3, -0.25) is 4.79 Å². The molecule has 0 aliphatic carbocycles. The fourth-order valence-electron chi connectivity index (χ4n) is 2.74. The predicted octanol–water partition coefficient (Wildman–Crippen LogP) is 5.34. The highest BCUT2D eigenvalue weighted by atomic mass is 35.5. The van der Waals surface area contributed by atoms with Crippen molar-refractivity contribution in [2.45, 2.75) is 17.1 Å². The number of halogens is 4. The van der Waals surface area contributed by atoms with E-state index < -0.39 is 11.9 Å². The van der Waals surface area contributed by atoms with Crippen molar-refractivity contribution < 1.29 is 13.2 Å². The van der Waals surface area contributed by atoms with Crippen molar-refractivity contribution in [3.05, 3.63) is 81.5 Å². The number of nitrogens with one attached hydrogen (secondary N) is 1. The van der Waals surface area contributed by atoms with E-state index in [9.17, 15) is 18.0 Å². The maximum Gasteiger partial charge on any atom is 0.433 e. The van der Waals surface area contributed by atoms with Gasteiger partial charge >= 0.3 is 6.18 Å². The molecule has 0 bridgehead atoms. The second-order valence-electron chi connectivity index (χ2n) is 6.24. The van der Waals surface area contributed by atoms with E-state index in [2.05, 4.69) is 19.9 Å². The Balaban J connectivity index is 1.67. The van der Waals surface area contributed by atoms with Crippen LogP contribution in [0.4, 0.5) is 13.2 Å². The van der Waals surface area contributed by atoms with E-state index in [0.717, 1.165) is 17.8 Å². The summed E-state index contributed by atoms with van der Waals surface area (Å²) in [6.45, 7) is 0. The number of aromatic nitrogens is 4. The van der Waals surface area contributed by atoms with Crippen LogP contribution in [0.2, 0.25) is 5.02 Å². The summed E-state index contributed by atoms with van der Waals surface area (Å²) in [5, 5.41) is 0.821. The number of thioether (sulfide) groups is 1. The third-order valence-corrected chi connectivity index (χ3v) is 5.25. The molecular formula is C20H12ClF3N4OS. The van der Waals surface area contributed by atoms with E-state index in [-0.39, 0.29) is 22.2 Å². The van der Waals surface area contributed by atoms with Crippen molar-refractivity contribution in [3.8, 4) is 11.3 Å². The molecule has 0 fully saturated rings. The Bertz CT molecular complexity index is 1280. The summed E-state index contributed by atoms with van der Waals surface area (Å²) in [5.41, 5.74) is -0.264. The molecule has 0 atom stereocenters. The summed E-state index contributed by atoms with van der Waals surface area (Å²) in [6, 6.07) is 14.0. The summed E-state index contributed by atoms with van der Waals surface area (Å²) in [5.74, 6) is 0.416. The molecule has 1 N–H and O–H groups in total. The molecule has 0 saturated carbocycles. The summed E-state index contributed by atoms with van der Waals surface area (Å²) in [7, 11) is 0. The molecule has 0 saturated heterocycles. The molecule has 10 heteroatoms. The number of rotatable bonds is 4. The van der Waals surface area contributed by atoms with Crippen molar-refractivity contribution in [3.63, 3.8) is 0 Å². The van der Waals surface area contributed by atoms with Gasteiger partial charge in [0.1, 0.15) is 11.5 Å². The number of fused-ring (bicyclic) bond motifs is 1. The van der Waals surface area contributed by atoms with Gasteiger partial charge in [0.25, 0.3) is 5.56 Å². The van der Waals surface area contributed by atoms with Gasteiger partial charge in [-0.15, -0.1) is 0 Å². The number of alkyl halides is 3. The summed E-state index contributed by atoms with van der Waals surface area (Å²) in [4.78, 5) is 27.0. The minimum atomic E-state index is -4.63. The lowest BCUT2D eigenvalue weighted by Crippen LogP contribution is -2.12. The number of hydrogen-bond donors (Lipinski definition) is 1. The molecule has 2 heterocycles. The molecule has 4 rings (SSSR count). The Morgan fingerprint density at radius 1 is 1.00 bits per heavy atom. The predicted molar refractivity (Wildman–Crippen MR) is 109 cm³/mol. The van der Waals surface area contributed by atoms with Gasteiger partial charge in [-0.25, -0.2) is 15.0 Å². The van der Waals surface area contributed by atoms with Gasteiger partial charge in [0.15, 0.2) is 5.16 Å². The number of aromatic amines is 1. The number of hydrogen-bond acceptors (Lipinski definition) is 5. The second kappa shape index (κ2) is 8.08. The van der Waals surface area contributed by atoms with E-state index in [1.165, 1.54) is 0 Å². The first-order valence-corrected chi connectivity index (χ1v) is 9.99. The lowest BCUT2D eigenvalue weighted by molar-refractivity contribution is -0.141. The smallest absolute Gasteiger partial charge is 0.309 e. The molecule has 0 amide bonds. The third-order valence-electron chi connectivity index (χ3n) is 4.14. The zero-order chi connectivity index (χ0) is 21.3. The van der Waals surface area contributed by atoms with Gasteiger partial charge < -0.3 is 4.98 Å². The molecule has 0 aliphatic heterocycles. The fourth-order valence-corrected chi connectivity index (χ4v) is 3.59. The Labute approximate surface area is 177 Å². The molecule has 0 aliphatic rings. The zero-order valence-electron chi connectivity index (χ0n) is 15.1. The molecule has 2 aromatic carbocycles. The van der Waals surface area contributed by atoms with Crippen LogP contribution in [-0.4, -0.2) is 19.9 Å². The van der Waals surface area contributed by atoms with Crippen LogP contribution in [0.25, 0.3) is 22.2 Å². The molecule has 2 aromatic heterocycles. The van der Waals surface area contributed by atoms with Crippen LogP contribution in [0.5, 0.6) is 0 Å². The van der Waals surface area contributed by atoms with Gasteiger partial charge in [0, 0.05) is 10.6 Å². The Morgan fingerprint density at radius 3 is 2.47 bits per heavy atom. The monoisotopic (exact) mass is 448 g/mol. The average Bonchev–Trinajstić information content (AvgIpc) is 2.72. The van der Waals surface area contributed by atoms with Crippen LogP contribution in [0, 0.1) is 0 Å². The highest BCUT2D eigenvalue weighted by Gasteiger charge is 2.33. The van der Waals surface area contributed by atoms with Crippen LogP contribution in [0.1, 0.15) is 11.5 Å². The maximum absolute atomic E-state index is 13.3. The van der Waals surface area contributed by atoms with Crippen molar-refractivity contribution in [1.29, 1.82) is 0 Å². The van der Waals surface area contributed by atoms with Crippen LogP contribution < -0.4 is 5.56 Å². The van der Waals surface area contributed by atoms with E-state index in [4.69, 9.17) is 11.6 Å². The van der Waals surface area contributed by atoms with Crippen molar-refractivity contribution in [1.82, 2.24) is 19.9 Å². The first-order chi connectivity index (χ1) is 14.3. The molecular weight excluding hydrogens is 437 g/mol. The lowest BCUT2D eigenvalue weighted by atomic mass is 10.1. The number of para-hydroxylation sites is 1. The second-order valence-corrected chi connectivity index (χ2v) is 7.62. The van der Waals surface area contributed by atoms with Crippen LogP contribution >= 0.6 is 23.4 Å². The zero-order valence-corrected chi connectivity index (χ0v) is 16.6. The van der Waals surface area contributed by atoms with Crippen molar-refractivity contribution in [2.75, 3.05) is 0 Å². The summed E-state index contributed by atoms with van der Waals surface area (Å²) in [6.07, 6.45) is -4.63. The Kier molecular flexibility index (Phi) is 5.48. The van der Waals surface area contributed by atoms with Gasteiger partial charge in [-0.05, 0) is 30.3 Å². The van der Waals surface area contributed by atoms with Crippen LogP contribution in [-0.2, 0) is 11.9 Å². The molecule has 0 unspecified atom stereocenters. The maximum atomic E-state index is 13.3. The van der Waals surface area contributed by atoms with E-state index in [0.29, 0.717) is 27.3 Å². The van der Waals surface area contributed by atoms with Gasteiger partial charge in [-0.2, -0.15) is 13.2 Å². The Hall–Kier alpha value is -2.91. The van der Waals surface area contributed by atoms with E-state index >= 15 is 0 Å². The fraction of sp³-hybridized carbons (Fsp3) is 0.100. The van der Waals surface area contributed by atoms with Crippen molar-refractivity contribution >= 4 is 34.3 Å². The normalized spacial score (nSPS) is 11.7. The third kappa shape index (κ3) is 4.47. The topological polar surface area (TPSA) is 71.5 Å². The molecule has 0 spiro atoms. The largest absolute Gasteiger partial charge is 0.433 e. The van der Waals surface area contributed by atoms with Crippen LogP contribution in [0.15, 0.2) is 64.5 Å².